The number of ether oxygens (including phenoxy) is 1. The highest BCUT2D eigenvalue weighted by atomic mass is 16.6. The third kappa shape index (κ3) is 36.6. The summed E-state index contributed by atoms with van der Waals surface area (Å²) < 4.78 is 5.72. The van der Waals surface area contributed by atoms with Crippen LogP contribution in [0.1, 0.15) is 216 Å². The number of likely N-dealkylation sites (tertiary alicyclic amines) is 1. The maximum Gasteiger partial charge on any atom is 0.410 e. The second-order valence-corrected chi connectivity index (χ2v) is 33.1. The van der Waals surface area contributed by atoms with E-state index in [0.29, 0.717) is 101 Å². The van der Waals surface area contributed by atoms with Crippen molar-refractivity contribution in [3.63, 3.8) is 0 Å². The summed E-state index contributed by atoms with van der Waals surface area (Å²) in [4.78, 5) is 220. The molecule has 14 atom stereocenters. The van der Waals surface area contributed by atoms with Crippen LogP contribution in [-0.2, 0) is 89.5 Å². The summed E-state index contributed by atoms with van der Waals surface area (Å²) >= 11 is 0. The van der Waals surface area contributed by atoms with E-state index in [4.69, 9.17) is 16.2 Å². The van der Waals surface area contributed by atoms with Gasteiger partial charge in [-0.1, -0.05) is 135 Å². The summed E-state index contributed by atoms with van der Waals surface area (Å²) in [6.07, 6.45) is 3.55. The number of hydrogen-bond acceptors (Lipinski definition) is 20. The number of carbonyl (C=O) groups is 16. The zero-order valence-electron chi connectivity index (χ0n) is 71.6. The molecule has 0 aliphatic carbocycles. The molecule has 14 amide bonds. The number of unbranched alkanes of at least 4 members (excludes halogenated alkanes) is 8. The van der Waals surface area contributed by atoms with E-state index >= 15 is 0 Å². The molecule has 1 aliphatic heterocycles. The predicted octanol–water partition coefficient (Wildman–Crippen LogP) is 1.91. The van der Waals surface area contributed by atoms with Gasteiger partial charge in [-0.2, -0.15) is 0 Å². The number of hydrogen-bond donors (Lipinski definition) is 18. The Balaban J connectivity index is 1.25. The average molecular weight is 1700 g/mol. The lowest BCUT2D eigenvalue weighted by Crippen LogP contribution is -2.62. The van der Waals surface area contributed by atoms with E-state index in [2.05, 4.69) is 58.2 Å². The first-order valence-electron chi connectivity index (χ1n) is 41.9. The number of nitrogens with two attached hydrogens (primary N) is 2. The first-order chi connectivity index (χ1) is 57.0. The molecule has 37 nitrogen and oxygen atoms in total. The molecule has 4 rings (SSSR count). The van der Waals surface area contributed by atoms with Crippen LogP contribution >= 0.6 is 0 Å². The van der Waals surface area contributed by atoms with Gasteiger partial charge in [0, 0.05) is 68.8 Å². The number of fused-ring (bicyclic) bond motifs is 1. The number of H-pyrrole nitrogens is 1. The van der Waals surface area contributed by atoms with Crippen LogP contribution in [0, 0.1) is 17.8 Å². The summed E-state index contributed by atoms with van der Waals surface area (Å²) in [5.74, 6) is -14.9. The molecule has 20 N–H and O–H groups in total. The fourth-order valence-corrected chi connectivity index (χ4v) is 13.8. The minimum Gasteiger partial charge on any atom is -0.480 e. The SMILES string of the molecule is CC[C@H](C)[C@H](NC(=O)[C@H](CCC(N)=O)NC(=O)[C@@H]1CCCN1C(=O)CCCCCCCN(CCCCCCCC(=O)N[C@@H](CO)C(=O)N[C@H](C(=O)N[C@@H](CC(C)C)C(=O)N[C@@H](CC(N)=O)C(=O)N[C@@H](Cc1ccccc1)C(=O)O)[C@@H](C)O)C(=O)OC(C)(C)C)C(=O)N[C@H](C(=O)N[C@@H](CC(C)C)C(=O)N[C@@H](Cc1c[nH]c2ccccc12)C(=O)O)[C@@H](C)O. The van der Waals surface area contributed by atoms with Crippen LogP contribution < -0.4 is 64.6 Å². The normalized spacial score (nSPS) is 16.0. The highest BCUT2D eigenvalue weighted by Crippen LogP contribution is 2.24. The molecule has 0 unspecified atom stereocenters. The largest absolute Gasteiger partial charge is 0.480 e. The minimum absolute atomic E-state index is 0.0390. The third-order valence-electron chi connectivity index (χ3n) is 20.6. The predicted molar refractivity (Wildman–Crippen MR) is 446 cm³/mol. The molecule has 37 heteroatoms. The molecule has 2 heterocycles. The standard InChI is InChI=1S/C84H131N15O22/c1-12-50(6)69(78(113)97-71(52(8)102)80(115)92-59(42-49(4)5)74(109)94-62(82(118)119)44-54-46-87-56-32-25-24-31-55(54)56)95-72(107)57(36-37-65(85)103)89-77(112)64-33-28-40-99(64)68(106)35-23-16-14-18-27-39-98(83(120)121-84(9,10)11)38-26-17-13-15-22-34-67(105)88-63(47-100)76(111)96-70(51(7)101)79(114)91-58(41-48(2)3)73(108)90-60(45-66(86)104)75(110)93-61(81(116)117)43-53-29-20-19-21-30-53/h19-21,24-25,29-32,46,48-52,57-64,69-71,87,100-102H,12-18,22-23,26-28,33-45,47H2,1-11H3,(H2,85,103)(H2,86,104)(H,88,105)(H,89,112)(H,90,108)(H,91,114)(H,92,115)(H,93,110)(H,94,109)(H,95,107)(H,96,111)(H,97,113)(H,116,117)(H,118,119)/t50-,51+,52+,57-,58-,59-,60-,61-,62-,63-,64-,69-,70-,71-/m0/s1. The quantitative estimate of drug-likeness (QED) is 0.0359. The van der Waals surface area contributed by atoms with Crippen molar-refractivity contribution in [2.24, 2.45) is 29.2 Å². The molecular formula is C84H131N15O22. The third-order valence-corrected chi connectivity index (χ3v) is 20.6. The Hall–Kier alpha value is -10.8. The molecular weight excluding hydrogens is 1570 g/mol. The molecule has 0 spiro atoms. The fourth-order valence-electron chi connectivity index (χ4n) is 13.8. The Labute approximate surface area is 706 Å². The van der Waals surface area contributed by atoms with E-state index in [1.165, 1.54) is 18.7 Å². The van der Waals surface area contributed by atoms with Gasteiger partial charge in [0.2, 0.25) is 76.8 Å². The van der Waals surface area contributed by atoms with Gasteiger partial charge in [-0.25, -0.2) is 14.4 Å². The van der Waals surface area contributed by atoms with Gasteiger partial charge in [0.15, 0.2) is 0 Å². The molecule has 3 aromatic rings. The minimum atomic E-state index is -1.74. The molecule has 1 saturated heterocycles. The van der Waals surface area contributed by atoms with Gasteiger partial charge in [0.05, 0.1) is 25.2 Å². The first kappa shape index (κ1) is 103. The number of primary amides is 2. The van der Waals surface area contributed by atoms with Gasteiger partial charge in [0.1, 0.15) is 72.1 Å². The van der Waals surface area contributed by atoms with Crippen LogP contribution in [0.15, 0.2) is 60.8 Å². The number of aliphatic hydroxyl groups excluding tert-OH is 3. The van der Waals surface area contributed by atoms with E-state index in [0.717, 1.165) is 10.9 Å². The van der Waals surface area contributed by atoms with Gasteiger partial charge in [-0.3, -0.25) is 62.3 Å². The number of aromatic amines is 1. The first-order valence-corrected chi connectivity index (χ1v) is 41.9. The molecule has 2 aromatic carbocycles. The van der Waals surface area contributed by atoms with E-state index < -0.39 is 192 Å². The number of aromatic nitrogens is 1. The van der Waals surface area contributed by atoms with Crippen molar-refractivity contribution in [1.29, 1.82) is 0 Å². The van der Waals surface area contributed by atoms with Crippen molar-refractivity contribution in [3.8, 4) is 0 Å². The van der Waals surface area contributed by atoms with Crippen molar-refractivity contribution >= 4 is 106 Å². The average Bonchev–Trinajstić information content (AvgIpc) is 1.65. The van der Waals surface area contributed by atoms with Crippen LogP contribution in [0.4, 0.5) is 4.79 Å². The van der Waals surface area contributed by atoms with Crippen LogP contribution in [0.25, 0.3) is 10.9 Å². The van der Waals surface area contributed by atoms with Crippen LogP contribution in [0.5, 0.6) is 0 Å². The van der Waals surface area contributed by atoms with Crippen LogP contribution in [0.2, 0.25) is 0 Å². The highest BCUT2D eigenvalue weighted by molar-refractivity contribution is 6.00. The smallest absolute Gasteiger partial charge is 0.410 e. The molecule has 1 aromatic heterocycles. The summed E-state index contributed by atoms with van der Waals surface area (Å²) in [6, 6.07) is -0.487. The lowest BCUT2D eigenvalue weighted by molar-refractivity contribution is -0.143. The number of nitrogens with zero attached hydrogens (tertiary/aromatic N) is 2. The zero-order chi connectivity index (χ0) is 90.4. The number of rotatable bonds is 55. The molecule has 0 saturated carbocycles. The number of carbonyl (C=O) groups excluding carboxylic acids is 14. The number of amides is 14. The summed E-state index contributed by atoms with van der Waals surface area (Å²) in [5.41, 5.74) is 12.1. The second kappa shape index (κ2) is 51.7. The Morgan fingerprint density at radius 3 is 1.50 bits per heavy atom. The van der Waals surface area contributed by atoms with Gasteiger partial charge < -0.3 is 110 Å². The Kier molecular flexibility index (Phi) is 43.8. The lowest BCUT2D eigenvalue weighted by Gasteiger charge is -2.30. The fraction of sp³-hybridized carbons (Fsp3) is 0.643. The van der Waals surface area contributed by atoms with Crippen molar-refractivity contribution in [2.75, 3.05) is 26.2 Å². The summed E-state index contributed by atoms with van der Waals surface area (Å²) in [7, 11) is 0. The van der Waals surface area contributed by atoms with Crippen molar-refractivity contribution < 1.29 is 107 Å². The number of nitrogens with one attached hydrogen (secondary N) is 11. The molecule has 121 heavy (non-hydrogen) atoms. The van der Waals surface area contributed by atoms with Gasteiger partial charge in [-0.05, 0) is 127 Å². The van der Waals surface area contributed by atoms with Crippen molar-refractivity contribution in [1.82, 2.24) is 68.0 Å². The number of aliphatic hydroxyl groups is 3. The van der Waals surface area contributed by atoms with E-state index in [-0.39, 0.29) is 82.1 Å². The summed E-state index contributed by atoms with van der Waals surface area (Å²) in [5, 5.41) is 77.5. The lowest BCUT2D eigenvalue weighted by atomic mass is 9.96. The topological polar surface area (TPSA) is 578 Å². The molecule has 0 bridgehead atoms. The van der Waals surface area contributed by atoms with E-state index in [1.807, 2.05) is 18.2 Å². The maximum atomic E-state index is 14.3. The summed E-state index contributed by atoms with van der Waals surface area (Å²) in [6.45, 7) is 18.2. The maximum absolute atomic E-state index is 14.3. The number of benzene rings is 2. The van der Waals surface area contributed by atoms with Crippen LogP contribution in [-0.4, -0.2) is 246 Å². The Morgan fingerprint density at radius 2 is 0.983 bits per heavy atom. The van der Waals surface area contributed by atoms with Gasteiger partial charge >= 0.3 is 18.0 Å². The molecule has 674 valence electrons. The van der Waals surface area contributed by atoms with Crippen molar-refractivity contribution in [2.45, 2.75) is 302 Å². The molecule has 0 radical (unpaired) electrons. The van der Waals surface area contributed by atoms with E-state index in [9.17, 15) is 102 Å². The van der Waals surface area contributed by atoms with Crippen LogP contribution in [0.3, 0.4) is 0 Å². The Bertz CT molecular complexity index is 3940. The van der Waals surface area contributed by atoms with Gasteiger partial charge in [0.25, 0.3) is 0 Å². The second-order valence-electron chi connectivity index (χ2n) is 33.1. The number of aliphatic carboxylic acids is 2. The molecule has 1 fully saturated rings. The monoisotopic (exact) mass is 1700 g/mol. The molecule has 1 aliphatic rings. The van der Waals surface area contributed by atoms with Gasteiger partial charge in [-0.15, -0.1) is 0 Å². The zero-order valence-corrected chi connectivity index (χ0v) is 71.6. The number of carboxylic acid groups (broad SMARTS) is 2. The highest BCUT2D eigenvalue weighted by Gasteiger charge is 2.41. The van der Waals surface area contributed by atoms with Crippen molar-refractivity contribution in [3.05, 3.63) is 71.9 Å². The number of carboxylic acids is 2. The Morgan fingerprint density at radius 1 is 0.521 bits per heavy atom. The van der Waals surface area contributed by atoms with E-state index in [1.54, 1.807) is 110 Å². The number of para-hydroxylation sites is 1.